The summed E-state index contributed by atoms with van der Waals surface area (Å²) in [6.07, 6.45) is 9.48. The van der Waals surface area contributed by atoms with Crippen molar-refractivity contribution in [2.24, 2.45) is 5.41 Å². The Morgan fingerprint density at radius 3 is 2.74 bits per heavy atom. The van der Waals surface area contributed by atoms with Gasteiger partial charge in [-0.2, -0.15) is 0 Å². The smallest absolute Gasteiger partial charge is 0.108 e. The molecule has 0 radical (unpaired) electrons. The molecule has 2 aliphatic carbocycles. The molecule has 1 aromatic heterocycles. The standard InChI is InChI=1S/C17H21NO/c1-17(2)13-8-5-7-12(13)15(18(3)4)11-14(17)16-9-6-10-19-16/h5-10,14H,11H2,1-4H3. The maximum Gasteiger partial charge on any atom is 0.108 e. The number of furan rings is 1. The molecule has 100 valence electrons. The van der Waals surface area contributed by atoms with E-state index < -0.39 is 0 Å². The first kappa shape index (κ1) is 12.3. The summed E-state index contributed by atoms with van der Waals surface area (Å²) in [5, 5.41) is 0. The zero-order valence-electron chi connectivity index (χ0n) is 12.1. The van der Waals surface area contributed by atoms with Gasteiger partial charge < -0.3 is 9.32 Å². The van der Waals surface area contributed by atoms with Crippen molar-refractivity contribution in [1.29, 1.82) is 0 Å². The van der Waals surface area contributed by atoms with E-state index in [0.717, 1.165) is 12.2 Å². The van der Waals surface area contributed by atoms with Crippen molar-refractivity contribution in [3.63, 3.8) is 0 Å². The SMILES string of the molecule is CN(C)C1=C2C=CC=C2C(C)(C)C(c2ccco2)C1. The highest BCUT2D eigenvalue weighted by molar-refractivity contribution is 5.56. The summed E-state index contributed by atoms with van der Waals surface area (Å²) in [5.74, 6) is 1.49. The third-order valence-electron chi connectivity index (χ3n) is 4.52. The first-order valence-electron chi connectivity index (χ1n) is 6.85. The number of nitrogens with zero attached hydrogens (tertiary/aromatic N) is 1. The van der Waals surface area contributed by atoms with Gasteiger partial charge in [0.05, 0.1) is 6.26 Å². The lowest BCUT2D eigenvalue weighted by molar-refractivity contribution is 0.271. The fraction of sp³-hybridized carbons (Fsp3) is 0.412. The molecule has 0 aromatic carbocycles. The first-order valence-corrected chi connectivity index (χ1v) is 6.85. The highest BCUT2D eigenvalue weighted by atomic mass is 16.3. The summed E-state index contributed by atoms with van der Waals surface area (Å²) in [5.41, 5.74) is 4.35. The number of rotatable bonds is 2. The number of hydrogen-bond acceptors (Lipinski definition) is 2. The largest absolute Gasteiger partial charge is 0.469 e. The van der Waals surface area contributed by atoms with Gasteiger partial charge in [-0.15, -0.1) is 0 Å². The van der Waals surface area contributed by atoms with E-state index in [4.69, 9.17) is 4.42 Å². The summed E-state index contributed by atoms with van der Waals surface area (Å²) in [7, 11) is 4.26. The van der Waals surface area contributed by atoms with Gasteiger partial charge in [0.2, 0.25) is 0 Å². The van der Waals surface area contributed by atoms with Gasteiger partial charge in [-0.05, 0) is 29.7 Å². The third-order valence-corrected chi connectivity index (χ3v) is 4.52. The van der Waals surface area contributed by atoms with Gasteiger partial charge >= 0.3 is 0 Å². The topological polar surface area (TPSA) is 16.4 Å². The molecule has 0 amide bonds. The van der Waals surface area contributed by atoms with Crippen LogP contribution in [0.15, 0.2) is 57.9 Å². The van der Waals surface area contributed by atoms with Gasteiger partial charge in [0.1, 0.15) is 5.76 Å². The lowest BCUT2D eigenvalue weighted by Crippen LogP contribution is -2.32. The van der Waals surface area contributed by atoms with Gasteiger partial charge in [0.15, 0.2) is 0 Å². The maximum absolute atomic E-state index is 5.70. The highest BCUT2D eigenvalue weighted by Gasteiger charge is 2.42. The second-order valence-corrected chi connectivity index (χ2v) is 6.19. The summed E-state index contributed by atoms with van der Waals surface area (Å²) in [6.45, 7) is 4.65. The third kappa shape index (κ3) is 1.78. The molecule has 0 saturated carbocycles. The number of hydrogen-bond donors (Lipinski definition) is 0. The Labute approximate surface area is 115 Å². The molecule has 2 heteroatoms. The predicted octanol–water partition coefficient (Wildman–Crippen LogP) is 4.11. The minimum Gasteiger partial charge on any atom is -0.469 e. The molecule has 1 unspecified atom stereocenters. The highest BCUT2D eigenvalue weighted by Crippen LogP contribution is 2.54. The van der Waals surface area contributed by atoms with Gasteiger partial charge in [-0.3, -0.25) is 0 Å². The van der Waals surface area contributed by atoms with Crippen LogP contribution < -0.4 is 0 Å². The van der Waals surface area contributed by atoms with E-state index >= 15 is 0 Å². The summed E-state index contributed by atoms with van der Waals surface area (Å²) >= 11 is 0. The van der Waals surface area contributed by atoms with Crippen LogP contribution in [0.4, 0.5) is 0 Å². The van der Waals surface area contributed by atoms with Gasteiger partial charge in [0, 0.05) is 31.1 Å². The Hall–Kier alpha value is -1.70. The summed E-state index contributed by atoms with van der Waals surface area (Å²) in [4.78, 5) is 2.24. The van der Waals surface area contributed by atoms with Crippen LogP contribution in [0.2, 0.25) is 0 Å². The Kier molecular flexibility index (Phi) is 2.70. The van der Waals surface area contributed by atoms with Crippen molar-refractivity contribution in [2.75, 3.05) is 14.1 Å². The Bertz CT molecular complexity index is 570. The molecule has 1 heterocycles. The van der Waals surface area contributed by atoms with Crippen LogP contribution in [0, 0.1) is 5.41 Å². The minimum absolute atomic E-state index is 0.107. The van der Waals surface area contributed by atoms with Gasteiger partial charge in [-0.1, -0.05) is 32.1 Å². The van der Waals surface area contributed by atoms with Crippen molar-refractivity contribution in [1.82, 2.24) is 4.90 Å². The molecule has 0 fully saturated rings. The molecule has 1 aromatic rings. The minimum atomic E-state index is 0.107. The van der Waals surface area contributed by atoms with Crippen LogP contribution in [-0.2, 0) is 0 Å². The molecule has 0 spiro atoms. The van der Waals surface area contributed by atoms with E-state index in [1.807, 2.05) is 6.07 Å². The van der Waals surface area contributed by atoms with Gasteiger partial charge in [-0.25, -0.2) is 0 Å². The van der Waals surface area contributed by atoms with E-state index in [2.05, 4.69) is 57.1 Å². The molecule has 0 bridgehead atoms. The van der Waals surface area contributed by atoms with Crippen LogP contribution in [0.3, 0.4) is 0 Å². The van der Waals surface area contributed by atoms with E-state index in [9.17, 15) is 0 Å². The average Bonchev–Trinajstić information content (AvgIpc) is 2.98. The van der Waals surface area contributed by atoms with Crippen molar-refractivity contribution in [3.05, 3.63) is 59.2 Å². The van der Waals surface area contributed by atoms with Crippen molar-refractivity contribution in [3.8, 4) is 0 Å². The Balaban J connectivity index is 2.12. The van der Waals surface area contributed by atoms with E-state index in [1.165, 1.54) is 16.8 Å². The van der Waals surface area contributed by atoms with Crippen LogP contribution >= 0.6 is 0 Å². The molecule has 19 heavy (non-hydrogen) atoms. The molecular formula is C17H21NO. The van der Waals surface area contributed by atoms with Crippen LogP contribution in [0.1, 0.15) is 31.9 Å². The fourth-order valence-corrected chi connectivity index (χ4v) is 3.35. The van der Waals surface area contributed by atoms with Crippen LogP contribution in [0.5, 0.6) is 0 Å². The molecule has 1 atom stereocenters. The molecular weight excluding hydrogens is 234 g/mol. The van der Waals surface area contributed by atoms with Gasteiger partial charge in [0.25, 0.3) is 0 Å². The molecule has 0 saturated heterocycles. The Morgan fingerprint density at radius 1 is 1.32 bits per heavy atom. The Morgan fingerprint density at radius 2 is 2.11 bits per heavy atom. The van der Waals surface area contributed by atoms with Crippen molar-refractivity contribution >= 4 is 0 Å². The molecule has 0 N–H and O–H groups in total. The zero-order chi connectivity index (χ0) is 13.6. The molecule has 2 aliphatic rings. The van der Waals surface area contributed by atoms with Crippen molar-refractivity contribution in [2.45, 2.75) is 26.2 Å². The maximum atomic E-state index is 5.70. The average molecular weight is 255 g/mol. The van der Waals surface area contributed by atoms with Crippen LogP contribution in [-0.4, -0.2) is 19.0 Å². The lowest BCUT2D eigenvalue weighted by Gasteiger charge is -2.42. The number of fused-ring (bicyclic) bond motifs is 1. The monoisotopic (exact) mass is 255 g/mol. The van der Waals surface area contributed by atoms with Crippen molar-refractivity contribution < 1.29 is 4.42 Å². The molecule has 3 rings (SSSR count). The van der Waals surface area contributed by atoms with E-state index in [0.29, 0.717) is 5.92 Å². The van der Waals surface area contributed by atoms with E-state index in [-0.39, 0.29) is 5.41 Å². The summed E-state index contributed by atoms with van der Waals surface area (Å²) < 4.78 is 5.70. The first-order chi connectivity index (χ1) is 9.01. The predicted molar refractivity (Wildman–Crippen MR) is 77.8 cm³/mol. The molecule has 2 nitrogen and oxygen atoms in total. The second kappa shape index (κ2) is 4.16. The summed E-state index contributed by atoms with van der Waals surface area (Å²) in [6, 6.07) is 4.09. The normalized spacial score (nSPS) is 24.4. The van der Waals surface area contributed by atoms with E-state index in [1.54, 1.807) is 6.26 Å². The van der Waals surface area contributed by atoms with Crippen LogP contribution in [0.25, 0.3) is 0 Å². The second-order valence-electron chi connectivity index (χ2n) is 6.19. The fourth-order valence-electron chi connectivity index (χ4n) is 3.35. The number of allylic oxidation sites excluding steroid dienone is 6. The lowest BCUT2D eigenvalue weighted by atomic mass is 9.64. The molecule has 0 aliphatic heterocycles. The quantitative estimate of drug-likeness (QED) is 0.791. The zero-order valence-corrected chi connectivity index (χ0v) is 12.1.